The maximum atomic E-state index is 5.43. The number of nitrogens with one attached hydrogen (secondary N) is 1. The molecule has 3 rings (SSSR count). The van der Waals surface area contributed by atoms with Gasteiger partial charge in [-0.25, -0.2) is 0 Å². The molecule has 1 aliphatic heterocycles. The smallest absolute Gasteiger partial charge is 0.0762 e. The lowest BCUT2D eigenvalue weighted by Gasteiger charge is -2.19. The molecule has 1 saturated heterocycles. The van der Waals surface area contributed by atoms with Gasteiger partial charge >= 0.3 is 0 Å². The molecule has 1 atom stereocenters. The minimum Gasteiger partial charge on any atom is -0.380 e. The predicted molar refractivity (Wildman–Crippen MR) is 81.6 cm³/mol. The van der Waals surface area contributed by atoms with Crippen LogP contribution in [0.2, 0.25) is 0 Å². The molecule has 0 radical (unpaired) electrons. The zero-order chi connectivity index (χ0) is 13.2. The second-order valence-electron chi connectivity index (χ2n) is 5.52. The summed E-state index contributed by atoms with van der Waals surface area (Å²) < 4.78 is 6.63. The van der Waals surface area contributed by atoms with E-state index in [4.69, 9.17) is 4.74 Å². The highest BCUT2D eigenvalue weighted by Crippen LogP contribution is 2.28. The van der Waals surface area contributed by atoms with Crippen LogP contribution in [0, 0.1) is 0 Å². The van der Waals surface area contributed by atoms with E-state index in [-0.39, 0.29) is 0 Å². The Hall–Kier alpha value is -0.580. The third-order valence-corrected chi connectivity index (χ3v) is 4.78. The Bertz CT molecular complexity index is 448. The summed E-state index contributed by atoms with van der Waals surface area (Å²) in [6, 6.07) is 7.46. The Morgan fingerprint density at radius 3 is 2.84 bits per heavy atom. The highest BCUT2D eigenvalue weighted by molar-refractivity contribution is 9.10. The summed E-state index contributed by atoms with van der Waals surface area (Å²) >= 11 is 3.70. The minimum atomic E-state index is 0.384. The van der Waals surface area contributed by atoms with Gasteiger partial charge in [0.05, 0.1) is 6.10 Å². The molecule has 1 aromatic carbocycles. The largest absolute Gasteiger partial charge is 0.380 e. The van der Waals surface area contributed by atoms with Crippen LogP contribution in [0.15, 0.2) is 22.7 Å². The fraction of sp³-hybridized carbons (Fsp3) is 0.600. The van der Waals surface area contributed by atoms with E-state index in [1.54, 1.807) is 7.11 Å². The molecule has 104 valence electrons. The average Bonchev–Trinajstić information content (AvgIpc) is 3.12. The predicted octanol–water partition coefficient (Wildman–Crippen LogP) is 2.93. The second-order valence-corrected chi connectivity index (χ2v) is 6.38. The van der Waals surface area contributed by atoms with Gasteiger partial charge in [-0.05, 0) is 37.0 Å². The van der Waals surface area contributed by atoms with Crippen LogP contribution in [0.5, 0.6) is 0 Å². The number of anilines is 1. The van der Waals surface area contributed by atoms with Crippen molar-refractivity contribution in [1.29, 1.82) is 0 Å². The molecule has 3 nitrogen and oxygen atoms in total. The molecule has 1 N–H and O–H groups in total. The number of benzene rings is 1. The van der Waals surface area contributed by atoms with Crippen LogP contribution < -0.4 is 10.2 Å². The SMILES string of the molecule is COC1CCN(c2ccc(CNC3CC3)c(Br)c2)C1. The number of ether oxygens (including phenoxy) is 1. The molecule has 0 bridgehead atoms. The average molecular weight is 325 g/mol. The van der Waals surface area contributed by atoms with E-state index >= 15 is 0 Å². The fourth-order valence-electron chi connectivity index (χ4n) is 2.57. The van der Waals surface area contributed by atoms with Gasteiger partial charge in [-0.15, -0.1) is 0 Å². The second kappa shape index (κ2) is 5.81. The quantitative estimate of drug-likeness (QED) is 0.901. The van der Waals surface area contributed by atoms with Gasteiger partial charge in [0.15, 0.2) is 0 Å². The molecule has 0 aromatic heterocycles. The number of hydrogen-bond acceptors (Lipinski definition) is 3. The molecule has 1 unspecified atom stereocenters. The first-order chi connectivity index (χ1) is 9.26. The molecule has 1 saturated carbocycles. The Labute approximate surface area is 123 Å². The zero-order valence-electron chi connectivity index (χ0n) is 11.4. The Morgan fingerprint density at radius 1 is 1.37 bits per heavy atom. The van der Waals surface area contributed by atoms with E-state index in [0.29, 0.717) is 6.10 Å². The molecule has 2 fully saturated rings. The summed E-state index contributed by atoms with van der Waals surface area (Å²) in [5.74, 6) is 0. The lowest BCUT2D eigenvalue weighted by atomic mass is 10.2. The monoisotopic (exact) mass is 324 g/mol. The lowest BCUT2D eigenvalue weighted by Crippen LogP contribution is -2.22. The summed E-state index contributed by atoms with van der Waals surface area (Å²) in [6.45, 7) is 3.06. The Kier molecular flexibility index (Phi) is 4.10. The minimum absolute atomic E-state index is 0.384. The molecule has 1 aliphatic carbocycles. The molecule has 1 heterocycles. The van der Waals surface area contributed by atoms with Crippen LogP contribution in [0.25, 0.3) is 0 Å². The van der Waals surface area contributed by atoms with E-state index in [2.05, 4.69) is 44.3 Å². The van der Waals surface area contributed by atoms with Gasteiger partial charge in [-0.2, -0.15) is 0 Å². The summed E-state index contributed by atoms with van der Waals surface area (Å²) in [7, 11) is 1.80. The Morgan fingerprint density at radius 2 is 2.21 bits per heavy atom. The van der Waals surface area contributed by atoms with E-state index in [0.717, 1.165) is 32.1 Å². The number of methoxy groups -OCH3 is 1. The first-order valence-corrected chi connectivity index (χ1v) is 7.85. The van der Waals surface area contributed by atoms with Crippen molar-refractivity contribution in [3.63, 3.8) is 0 Å². The van der Waals surface area contributed by atoms with Gasteiger partial charge in [-0.1, -0.05) is 22.0 Å². The van der Waals surface area contributed by atoms with Crippen molar-refractivity contribution in [2.75, 3.05) is 25.1 Å². The highest BCUT2D eigenvalue weighted by Gasteiger charge is 2.23. The zero-order valence-corrected chi connectivity index (χ0v) is 12.9. The molecule has 2 aliphatic rings. The van der Waals surface area contributed by atoms with Crippen molar-refractivity contribution < 1.29 is 4.74 Å². The van der Waals surface area contributed by atoms with Crippen LogP contribution in [0.3, 0.4) is 0 Å². The van der Waals surface area contributed by atoms with Gasteiger partial charge in [0.2, 0.25) is 0 Å². The first-order valence-electron chi connectivity index (χ1n) is 7.06. The first kappa shape index (κ1) is 13.4. The number of rotatable bonds is 5. The standard InChI is InChI=1S/C15H21BrN2O/c1-19-14-6-7-18(10-14)13-5-2-11(15(16)8-13)9-17-12-3-4-12/h2,5,8,12,14,17H,3-4,6-7,9-10H2,1H3. The highest BCUT2D eigenvalue weighted by atomic mass is 79.9. The van der Waals surface area contributed by atoms with Crippen molar-refractivity contribution in [3.8, 4) is 0 Å². The third-order valence-electron chi connectivity index (χ3n) is 4.04. The van der Waals surface area contributed by atoms with Crippen LogP contribution >= 0.6 is 15.9 Å². The summed E-state index contributed by atoms with van der Waals surface area (Å²) in [4.78, 5) is 2.40. The van der Waals surface area contributed by atoms with Crippen LogP contribution in [0.1, 0.15) is 24.8 Å². The van der Waals surface area contributed by atoms with E-state index in [9.17, 15) is 0 Å². The van der Waals surface area contributed by atoms with Gasteiger partial charge < -0.3 is 15.0 Å². The van der Waals surface area contributed by atoms with Crippen molar-refractivity contribution in [2.45, 2.75) is 38.0 Å². The maximum Gasteiger partial charge on any atom is 0.0762 e. The van der Waals surface area contributed by atoms with E-state index in [1.165, 1.54) is 28.6 Å². The summed E-state index contributed by atoms with van der Waals surface area (Å²) in [5.41, 5.74) is 2.64. The van der Waals surface area contributed by atoms with Crippen molar-refractivity contribution in [3.05, 3.63) is 28.2 Å². The van der Waals surface area contributed by atoms with Crippen molar-refractivity contribution in [1.82, 2.24) is 5.32 Å². The number of halogens is 1. The molecule has 0 spiro atoms. The van der Waals surface area contributed by atoms with Gasteiger partial charge in [-0.3, -0.25) is 0 Å². The molecular formula is C15H21BrN2O. The Balaban J connectivity index is 1.64. The fourth-order valence-corrected chi connectivity index (χ4v) is 3.08. The topological polar surface area (TPSA) is 24.5 Å². The molecule has 0 amide bonds. The molecule has 4 heteroatoms. The molecule has 1 aromatic rings. The van der Waals surface area contributed by atoms with Crippen LogP contribution in [-0.4, -0.2) is 32.3 Å². The van der Waals surface area contributed by atoms with Gasteiger partial charge in [0, 0.05) is 42.9 Å². The number of hydrogen-bond donors (Lipinski definition) is 1. The molecule has 19 heavy (non-hydrogen) atoms. The van der Waals surface area contributed by atoms with E-state index < -0.39 is 0 Å². The molecular weight excluding hydrogens is 304 g/mol. The lowest BCUT2D eigenvalue weighted by molar-refractivity contribution is 0.121. The van der Waals surface area contributed by atoms with Crippen molar-refractivity contribution >= 4 is 21.6 Å². The maximum absolute atomic E-state index is 5.43. The summed E-state index contributed by atoms with van der Waals surface area (Å²) in [5, 5.41) is 3.56. The normalized spacial score (nSPS) is 23.1. The van der Waals surface area contributed by atoms with Gasteiger partial charge in [0.25, 0.3) is 0 Å². The van der Waals surface area contributed by atoms with Crippen LogP contribution in [-0.2, 0) is 11.3 Å². The van der Waals surface area contributed by atoms with E-state index in [1.807, 2.05) is 0 Å². The van der Waals surface area contributed by atoms with Gasteiger partial charge in [0.1, 0.15) is 0 Å². The van der Waals surface area contributed by atoms with Crippen molar-refractivity contribution in [2.24, 2.45) is 0 Å². The van der Waals surface area contributed by atoms with Crippen LogP contribution in [0.4, 0.5) is 5.69 Å². The third kappa shape index (κ3) is 3.30. The summed E-state index contributed by atoms with van der Waals surface area (Å²) in [6.07, 6.45) is 4.18. The number of nitrogens with zero attached hydrogens (tertiary/aromatic N) is 1.